The van der Waals surface area contributed by atoms with Crippen LogP contribution in [0.5, 0.6) is 0 Å². The van der Waals surface area contributed by atoms with Gasteiger partial charge in [0, 0.05) is 25.6 Å². The number of carbonyl (C=O) groups is 3. The third kappa shape index (κ3) is 5.96. The first-order valence-corrected chi connectivity index (χ1v) is 11.0. The summed E-state index contributed by atoms with van der Waals surface area (Å²) in [4.78, 5) is 36.5. The van der Waals surface area contributed by atoms with Crippen molar-refractivity contribution in [1.29, 1.82) is 0 Å². The predicted octanol–water partition coefficient (Wildman–Crippen LogP) is 3.40. The summed E-state index contributed by atoms with van der Waals surface area (Å²) in [6.45, 7) is 2.29. The summed E-state index contributed by atoms with van der Waals surface area (Å²) in [5, 5.41) is 8.38. The molecule has 1 atom stereocenters. The van der Waals surface area contributed by atoms with Crippen LogP contribution in [0.1, 0.15) is 61.6 Å². The number of hydrogen-bond acceptors (Lipinski definition) is 4. The molecule has 7 heteroatoms. The van der Waals surface area contributed by atoms with E-state index in [2.05, 4.69) is 16.0 Å². The van der Waals surface area contributed by atoms with Gasteiger partial charge in [-0.25, -0.2) is 0 Å². The molecule has 31 heavy (non-hydrogen) atoms. The molecule has 1 heterocycles. The summed E-state index contributed by atoms with van der Waals surface area (Å²) >= 11 is 0. The van der Waals surface area contributed by atoms with Crippen LogP contribution in [-0.2, 0) is 16.1 Å². The molecular formula is C24H31N3O4. The first-order chi connectivity index (χ1) is 15.0. The molecular weight excluding hydrogens is 394 g/mol. The highest BCUT2D eigenvalue weighted by atomic mass is 16.4. The maximum atomic E-state index is 12.8. The van der Waals surface area contributed by atoms with E-state index in [-0.39, 0.29) is 29.4 Å². The van der Waals surface area contributed by atoms with Crippen molar-refractivity contribution in [2.24, 2.45) is 5.92 Å². The van der Waals surface area contributed by atoms with Gasteiger partial charge in [-0.1, -0.05) is 50.5 Å². The van der Waals surface area contributed by atoms with Gasteiger partial charge in [-0.2, -0.15) is 0 Å². The monoisotopic (exact) mass is 425 g/mol. The maximum Gasteiger partial charge on any atom is 0.287 e. The molecule has 1 aliphatic carbocycles. The van der Waals surface area contributed by atoms with Gasteiger partial charge < -0.3 is 20.4 Å². The van der Waals surface area contributed by atoms with Crippen LogP contribution in [-0.4, -0.2) is 30.8 Å². The summed E-state index contributed by atoms with van der Waals surface area (Å²) in [5.41, 5.74) is 1.82. The lowest BCUT2D eigenvalue weighted by molar-refractivity contribution is -0.124. The highest BCUT2D eigenvalue weighted by molar-refractivity contribution is 5.96. The summed E-state index contributed by atoms with van der Waals surface area (Å²) in [6.07, 6.45) is 5.67. The van der Waals surface area contributed by atoms with Crippen molar-refractivity contribution >= 4 is 17.7 Å². The molecule has 7 nitrogen and oxygen atoms in total. The minimum absolute atomic E-state index is 0.00838. The van der Waals surface area contributed by atoms with Gasteiger partial charge in [0.25, 0.3) is 5.91 Å². The molecule has 3 N–H and O–H groups in total. The molecule has 1 aromatic heterocycles. The predicted molar refractivity (Wildman–Crippen MR) is 118 cm³/mol. The zero-order chi connectivity index (χ0) is 22.2. The number of likely N-dealkylation sites (N-methyl/N-ethyl adjacent to an activating group) is 1. The summed E-state index contributed by atoms with van der Waals surface area (Å²) in [6, 6.07) is 10.4. The van der Waals surface area contributed by atoms with Gasteiger partial charge in [0.2, 0.25) is 11.8 Å². The average Bonchev–Trinajstić information content (AvgIpc) is 3.31. The minimum Gasteiger partial charge on any atom is -0.451 e. The highest BCUT2D eigenvalue weighted by Crippen LogP contribution is 2.27. The van der Waals surface area contributed by atoms with Crippen LogP contribution in [0.15, 0.2) is 40.8 Å². The number of carbonyl (C=O) groups excluding carboxylic acids is 3. The Balaban J connectivity index is 1.65. The second kappa shape index (κ2) is 10.8. The number of nitrogens with one attached hydrogen (secondary N) is 3. The Morgan fingerprint density at radius 3 is 2.39 bits per heavy atom. The highest BCUT2D eigenvalue weighted by Gasteiger charge is 2.31. The van der Waals surface area contributed by atoms with Crippen LogP contribution >= 0.6 is 0 Å². The molecule has 0 unspecified atom stereocenters. The van der Waals surface area contributed by atoms with E-state index in [1.54, 1.807) is 19.2 Å². The van der Waals surface area contributed by atoms with Crippen molar-refractivity contribution in [3.63, 3.8) is 0 Å². The Labute approximate surface area is 183 Å². The Hall–Kier alpha value is -3.09. The largest absolute Gasteiger partial charge is 0.451 e. The molecule has 1 saturated carbocycles. The van der Waals surface area contributed by atoms with Crippen molar-refractivity contribution in [3.8, 4) is 11.3 Å². The number of benzene rings is 1. The first kappa shape index (κ1) is 22.6. The van der Waals surface area contributed by atoms with Crippen LogP contribution in [0.25, 0.3) is 11.3 Å². The van der Waals surface area contributed by atoms with Gasteiger partial charge in [-0.05, 0) is 36.5 Å². The fraction of sp³-hybridized carbons (Fsp3) is 0.458. The van der Waals surface area contributed by atoms with Gasteiger partial charge in [0.05, 0.1) is 0 Å². The van der Waals surface area contributed by atoms with E-state index in [0.29, 0.717) is 18.7 Å². The van der Waals surface area contributed by atoms with Crippen LogP contribution in [0.3, 0.4) is 0 Å². The Bertz CT molecular complexity index is 898. The van der Waals surface area contributed by atoms with E-state index in [1.165, 1.54) is 6.42 Å². The van der Waals surface area contributed by atoms with Crippen LogP contribution in [0.2, 0.25) is 0 Å². The zero-order valence-corrected chi connectivity index (χ0v) is 18.2. The molecule has 0 aliphatic heterocycles. The van der Waals surface area contributed by atoms with E-state index < -0.39 is 6.04 Å². The molecule has 1 aliphatic rings. The van der Waals surface area contributed by atoms with Crippen LogP contribution in [0, 0.1) is 5.92 Å². The van der Waals surface area contributed by atoms with Gasteiger partial charge in [0.1, 0.15) is 11.8 Å². The molecule has 3 rings (SSSR count). The Morgan fingerprint density at radius 1 is 1.03 bits per heavy atom. The quantitative estimate of drug-likeness (QED) is 0.603. The van der Waals surface area contributed by atoms with Crippen molar-refractivity contribution in [2.45, 2.75) is 58.0 Å². The third-order valence-corrected chi connectivity index (χ3v) is 5.82. The second-order valence-electron chi connectivity index (χ2n) is 7.95. The molecule has 0 bridgehead atoms. The first-order valence-electron chi connectivity index (χ1n) is 11.0. The van der Waals surface area contributed by atoms with Crippen molar-refractivity contribution in [2.75, 3.05) is 7.05 Å². The van der Waals surface area contributed by atoms with Crippen LogP contribution < -0.4 is 16.0 Å². The van der Waals surface area contributed by atoms with Crippen molar-refractivity contribution in [1.82, 2.24) is 16.0 Å². The third-order valence-electron chi connectivity index (χ3n) is 5.82. The smallest absolute Gasteiger partial charge is 0.287 e. The van der Waals surface area contributed by atoms with E-state index in [9.17, 15) is 14.4 Å². The molecule has 0 spiro atoms. The molecule has 166 valence electrons. The Morgan fingerprint density at radius 2 is 1.74 bits per heavy atom. The van der Waals surface area contributed by atoms with Crippen LogP contribution in [0.4, 0.5) is 0 Å². The lowest BCUT2D eigenvalue weighted by Gasteiger charge is -2.29. The molecule has 2 aromatic rings. The van der Waals surface area contributed by atoms with E-state index >= 15 is 0 Å². The fourth-order valence-corrected chi connectivity index (χ4v) is 3.96. The van der Waals surface area contributed by atoms with E-state index in [1.807, 2.05) is 31.2 Å². The minimum atomic E-state index is -0.552. The average molecular weight is 426 g/mol. The van der Waals surface area contributed by atoms with Gasteiger partial charge in [-0.3, -0.25) is 14.4 Å². The number of amides is 3. The number of furan rings is 1. The van der Waals surface area contributed by atoms with Gasteiger partial charge in [0.15, 0.2) is 5.76 Å². The summed E-state index contributed by atoms with van der Waals surface area (Å²) in [7, 11) is 1.59. The molecule has 1 fully saturated rings. The van der Waals surface area contributed by atoms with Gasteiger partial charge in [-0.15, -0.1) is 0 Å². The van der Waals surface area contributed by atoms with Crippen molar-refractivity contribution in [3.05, 3.63) is 47.7 Å². The SMILES string of the molecule is CCC(=O)NCc1ccc(-c2ccc(C(=O)N[C@H](C(=O)NC)C3CCCCC3)o2)cc1. The van der Waals surface area contributed by atoms with E-state index in [4.69, 9.17) is 4.42 Å². The number of hydrogen-bond donors (Lipinski definition) is 3. The lowest BCUT2D eigenvalue weighted by atomic mass is 9.83. The topological polar surface area (TPSA) is 100 Å². The molecule has 0 saturated heterocycles. The fourth-order valence-electron chi connectivity index (χ4n) is 3.96. The standard InChI is InChI=1S/C24H31N3O4/c1-3-21(28)26-15-16-9-11-17(12-10-16)19-13-14-20(31-19)23(29)27-22(24(30)25-2)18-7-5-4-6-8-18/h9-14,18,22H,3-8,15H2,1-2H3,(H,25,30)(H,26,28)(H,27,29)/t22-/m0/s1. The normalized spacial score (nSPS) is 15.2. The zero-order valence-electron chi connectivity index (χ0n) is 18.2. The molecule has 3 amide bonds. The summed E-state index contributed by atoms with van der Waals surface area (Å²) in [5.74, 6) is 0.353. The maximum absolute atomic E-state index is 12.8. The summed E-state index contributed by atoms with van der Waals surface area (Å²) < 4.78 is 5.78. The van der Waals surface area contributed by atoms with Gasteiger partial charge >= 0.3 is 0 Å². The number of rotatable bonds is 8. The second-order valence-corrected chi connectivity index (χ2v) is 7.95. The molecule has 0 radical (unpaired) electrons. The van der Waals surface area contributed by atoms with Crippen molar-refractivity contribution < 1.29 is 18.8 Å². The van der Waals surface area contributed by atoms with E-state index in [0.717, 1.165) is 36.8 Å². The molecule has 1 aromatic carbocycles. The Kier molecular flexibility index (Phi) is 7.87. The lowest BCUT2D eigenvalue weighted by Crippen LogP contribution is -2.50.